The molecule has 0 aromatic heterocycles. The highest BCUT2D eigenvalue weighted by atomic mass is 32.1. The number of halogens is 2. The van der Waals surface area contributed by atoms with Crippen molar-refractivity contribution >= 4 is 28.7 Å². The molecular weight excluding hydrogens is 364 g/mol. The lowest BCUT2D eigenvalue weighted by atomic mass is 9.99. The van der Waals surface area contributed by atoms with E-state index in [2.05, 4.69) is 46.7 Å². The predicted octanol–water partition coefficient (Wildman–Crippen LogP) is 5.25. The zero-order valence-corrected chi connectivity index (χ0v) is 16.5. The van der Waals surface area contributed by atoms with Crippen LogP contribution in [0.4, 0.5) is 20.2 Å². The fraction of sp³-hybridized carbons (Fsp3) is 0.381. The van der Waals surface area contributed by atoms with Crippen molar-refractivity contribution in [1.82, 2.24) is 5.32 Å². The Hall–Kier alpha value is -2.21. The Kier molecular flexibility index (Phi) is 6.26. The summed E-state index contributed by atoms with van der Waals surface area (Å²) in [6.45, 7) is 6.50. The third-order valence-corrected chi connectivity index (χ3v) is 5.16. The van der Waals surface area contributed by atoms with Gasteiger partial charge >= 0.3 is 0 Å². The van der Waals surface area contributed by atoms with Crippen LogP contribution < -0.4 is 15.5 Å². The SMILES string of the molecule is C[C@H]1CCCN(c2ccc([C@H](C)NC(=S)Nc3ccc(F)cc3F)cc2)C1. The lowest BCUT2D eigenvalue weighted by Crippen LogP contribution is -2.34. The van der Waals surface area contributed by atoms with E-state index in [9.17, 15) is 8.78 Å². The maximum Gasteiger partial charge on any atom is 0.171 e. The molecule has 144 valence electrons. The fourth-order valence-electron chi connectivity index (χ4n) is 3.43. The molecule has 2 N–H and O–H groups in total. The second-order valence-electron chi connectivity index (χ2n) is 7.23. The Morgan fingerprint density at radius 1 is 1.19 bits per heavy atom. The maximum atomic E-state index is 13.7. The summed E-state index contributed by atoms with van der Waals surface area (Å²) in [5.41, 5.74) is 2.48. The summed E-state index contributed by atoms with van der Waals surface area (Å²) >= 11 is 5.26. The second-order valence-corrected chi connectivity index (χ2v) is 7.64. The molecule has 0 unspecified atom stereocenters. The molecule has 0 amide bonds. The normalized spacial score (nSPS) is 18.1. The third kappa shape index (κ3) is 5.16. The Labute approximate surface area is 164 Å². The van der Waals surface area contributed by atoms with Crippen LogP contribution in [0.3, 0.4) is 0 Å². The van der Waals surface area contributed by atoms with Crippen LogP contribution in [-0.4, -0.2) is 18.2 Å². The molecule has 0 bridgehead atoms. The van der Waals surface area contributed by atoms with Crippen molar-refractivity contribution in [2.75, 3.05) is 23.3 Å². The zero-order chi connectivity index (χ0) is 19.4. The molecule has 6 heteroatoms. The first kappa shape index (κ1) is 19.5. The number of benzene rings is 2. The van der Waals surface area contributed by atoms with Crippen molar-refractivity contribution in [1.29, 1.82) is 0 Å². The fourth-order valence-corrected chi connectivity index (χ4v) is 3.71. The van der Waals surface area contributed by atoms with Crippen molar-refractivity contribution < 1.29 is 8.78 Å². The molecule has 3 rings (SSSR count). The predicted molar refractivity (Wildman–Crippen MR) is 111 cm³/mol. The molecule has 1 heterocycles. The van der Waals surface area contributed by atoms with E-state index in [0.717, 1.165) is 30.6 Å². The van der Waals surface area contributed by atoms with E-state index >= 15 is 0 Å². The van der Waals surface area contributed by atoms with Gasteiger partial charge in [0.2, 0.25) is 0 Å². The van der Waals surface area contributed by atoms with Crippen molar-refractivity contribution in [2.24, 2.45) is 5.92 Å². The summed E-state index contributed by atoms with van der Waals surface area (Å²) in [5.74, 6) is -0.560. The summed E-state index contributed by atoms with van der Waals surface area (Å²) in [5, 5.41) is 6.21. The molecule has 0 radical (unpaired) electrons. The van der Waals surface area contributed by atoms with Crippen LogP contribution in [0.1, 0.15) is 38.3 Å². The van der Waals surface area contributed by atoms with Gasteiger partial charge in [0, 0.05) is 24.8 Å². The Balaban J connectivity index is 1.58. The molecule has 2 aromatic carbocycles. The van der Waals surface area contributed by atoms with Gasteiger partial charge in [-0.05, 0) is 67.7 Å². The Bertz CT molecular complexity index is 795. The summed E-state index contributed by atoms with van der Waals surface area (Å²) < 4.78 is 26.7. The van der Waals surface area contributed by atoms with Gasteiger partial charge in [-0.15, -0.1) is 0 Å². The highest BCUT2D eigenvalue weighted by Gasteiger charge is 2.17. The average Bonchev–Trinajstić information content (AvgIpc) is 2.64. The lowest BCUT2D eigenvalue weighted by molar-refractivity contribution is 0.447. The molecule has 0 spiro atoms. The monoisotopic (exact) mass is 389 g/mol. The molecule has 0 aliphatic carbocycles. The summed E-state index contributed by atoms with van der Waals surface area (Å²) in [4.78, 5) is 2.43. The van der Waals surface area contributed by atoms with Crippen LogP contribution in [0.25, 0.3) is 0 Å². The van der Waals surface area contributed by atoms with E-state index in [1.807, 2.05) is 6.92 Å². The van der Waals surface area contributed by atoms with E-state index in [1.165, 1.54) is 30.7 Å². The minimum absolute atomic E-state index is 0.0390. The number of rotatable bonds is 4. The van der Waals surface area contributed by atoms with Crippen molar-refractivity contribution in [3.63, 3.8) is 0 Å². The highest BCUT2D eigenvalue weighted by molar-refractivity contribution is 7.80. The minimum Gasteiger partial charge on any atom is -0.371 e. The molecular formula is C21H25F2N3S. The first-order chi connectivity index (χ1) is 12.9. The van der Waals surface area contributed by atoms with E-state index < -0.39 is 11.6 Å². The van der Waals surface area contributed by atoms with Crippen molar-refractivity contribution in [3.05, 3.63) is 59.7 Å². The molecule has 0 saturated carbocycles. The molecule has 27 heavy (non-hydrogen) atoms. The number of nitrogens with zero attached hydrogens (tertiary/aromatic N) is 1. The molecule has 1 fully saturated rings. The number of piperidine rings is 1. The third-order valence-electron chi connectivity index (χ3n) is 4.94. The lowest BCUT2D eigenvalue weighted by Gasteiger charge is -2.33. The number of thiocarbonyl (C=S) groups is 1. The zero-order valence-electron chi connectivity index (χ0n) is 15.6. The van der Waals surface area contributed by atoms with E-state index in [4.69, 9.17) is 12.2 Å². The minimum atomic E-state index is -0.674. The first-order valence-corrected chi connectivity index (χ1v) is 9.70. The van der Waals surface area contributed by atoms with Gasteiger partial charge in [-0.1, -0.05) is 19.1 Å². The molecule has 2 aromatic rings. The second kappa shape index (κ2) is 8.65. The van der Waals surface area contributed by atoms with Crippen LogP contribution in [-0.2, 0) is 0 Å². The first-order valence-electron chi connectivity index (χ1n) is 9.30. The number of hydrogen-bond acceptors (Lipinski definition) is 2. The number of nitrogens with one attached hydrogen (secondary N) is 2. The number of hydrogen-bond donors (Lipinski definition) is 2. The van der Waals surface area contributed by atoms with Crippen LogP contribution in [0.2, 0.25) is 0 Å². The van der Waals surface area contributed by atoms with Crippen LogP contribution >= 0.6 is 12.2 Å². The van der Waals surface area contributed by atoms with Crippen LogP contribution in [0, 0.1) is 17.6 Å². The van der Waals surface area contributed by atoms with Gasteiger partial charge in [-0.3, -0.25) is 0 Å². The maximum absolute atomic E-state index is 13.7. The molecule has 1 saturated heterocycles. The highest BCUT2D eigenvalue weighted by Crippen LogP contribution is 2.24. The summed E-state index contributed by atoms with van der Waals surface area (Å²) in [6, 6.07) is 11.8. The summed E-state index contributed by atoms with van der Waals surface area (Å²) in [7, 11) is 0. The largest absolute Gasteiger partial charge is 0.371 e. The molecule has 2 atom stereocenters. The average molecular weight is 390 g/mol. The Morgan fingerprint density at radius 2 is 1.93 bits per heavy atom. The van der Waals surface area contributed by atoms with E-state index in [0.29, 0.717) is 5.11 Å². The Morgan fingerprint density at radius 3 is 2.59 bits per heavy atom. The van der Waals surface area contributed by atoms with Gasteiger partial charge in [0.25, 0.3) is 0 Å². The van der Waals surface area contributed by atoms with Gasteiger partial charge in [-0.25, -0.2) is 8.78 Å². The topological polar surface area (TPSA) is 27.3 Å². The number of anilines is 2. The van der Waals surface area contributed by atoms with Gasteiger partial charge in [0.05, 0.1) is 11.7 Å². The standard InChI is InChI=1S/C21H25F2N3S/c1-14-4-3-11-26(13-14)18-8-5-16(6-9-18)15(2)24-21(27)25-20-10-7-17(22)12-19(20)23/h5-10,12,14-15H,3-4,11,13H2,1-2H3,(H2,24,25,27)/t14-,15-/m0/s1. The van der Waals surface area contributed by atoms with Gasteiger partial charge < -0.3 is 15.5 Å². The molecule has 1 aliphatic rings. The van der Waals surface area contributed by atoms with E-state index in [1.54, 1.807) is 0 Å². The van der Waals surface area contributed by atoms with Gasteiger partial charge in [-0.2, -0.15) is 0 Å². The smallest absolute Gasteiger partial charge is 0.171 e. The van der Waals surface area contributed by atoms with E-state index in [-0.39, 0.29) is 11.7 Å². The quantitative estimate of drug-likeness (QED) is 0.699. The van der Waals surface area contributed by atoms with Gasteiger partial charge in [0.1, 0.15) is 11.6 Å². The summed E-state index contributed by atoms with van der Waals surface area (Å²) in [6.07, 6.45) is 2.54. The molecule has 3 nitrogen and oxygen atoms in total. The van der Waals surface area contributed by atoms with Crippen LogP contribution in [0.15, 0.2) is 42.5 Å². The van der Waals surface area contributed by atoms with Crippen molar-refractivity contribution in [2.45, 2.75) is 32.7 Å². The molecule has 1 aliphatic heterocycles. The van der Waals surface area contributed by atoms with Gasteiger partial charge in [0.15, 0.2) is 5.11 Å². The van der Waals surface area contributed by atoms with Crippen LogP contribution in [0.5, 0.6) is 0 Å². The van der Waals surface area contributed by atoms with Crippen molar-refractivity contribution in [3.8, 4) is 0 Å².